The quantitative estimate of drug-likeness (QED) is 0.695. The van der Waals surface area contributed by atoms with Gasteiger partial charge in [0.15, 0.2) is 0 Å². The van der Waals surface area contributed by atoms with E-state index in [1.807, 2.05) is 47.4 Å². The van der Waals surface area contributed by atoms with Crippen molar-refractivity contribution in [3.05, 3.63) is 69.7 Å². The Labute approximate surface area is 163 Å². The fraction of sp³-hybridized carbons (Fsp3) is 0.333. The Morgan fingerprint density at radius 3 is 2.58 bits per heavy atom. The maximum atomic E-state index is 12.8. The van der Waals surface area contributed by atoms with Crippen LogP contribution in [0.5, 0.6) is 0 Å². The molecule has 0 saturated carbocycles. The summed E-state index contributed by atoms with van der Waals surface area (Å²) in [7, 11) is 0. The van der Waals surface area contributed by atoms with E-state index < -0.39 is 5.41 Å². The normalized spacial score (nSPS) is 20.0. The first kappa shape index (κ1) is 18.9. The van der Waals surface area contributed by atoms with Gasteiger partial charge in [-0.3, -0.25) is 4.79 Å². The zero-order valence-electron chi connectivity index (χ0n) is 14.5. The van der Waals surface area contributed by atoms with Gasteiger partial charge in [-0.15, -0.1) is 0 Å². The van der Waals surface area contributed by atoms with Crippen LogP contribution in [0.2, 0.25) is 10.0 Å². The fourth-order valence-electron chi connectivity index (χ4n) is 3.73. The molecule has 1 aliphatic heterocycles. The average molecular weight is 390 g/mol. The zero-order valence-corrected chi connectivity index (χ0v) is 16.0. The highest BCUT2D eigenvalue weighted by Gasteiger charge is 2.38. The van der Waals surface area contributed by atoms with Crippen LogP contribution in [0.1, 0.15) is 30.4 Å². The molecule has 0 aromatic heterocycles. The molecule has 1 unspecified atom stereocenters. The van der Waals surface area contributed by atoms with Crippen molar-refractivity contribution in [3.63, 3.8) is 0 Å². The summed E-state index contributed by atoms with van der Waals surface area (Å²) in [4.78, 5) is 26.1. The number of amides is 1. The summed E-state index contributed by atoms with van der Waals surface area (Å²) in [6, 6.07) is 15.2. The van der Waals surface area contributed by atoms with Crippen molar-refractivity contribution < 1.29 is 9.59 Å². The van der Waals surface area contributed by atoms with Crippen LogP contribution < -0.4 is 0 Å². The van der Waals surface area contributed by atoms with Crippen molar-refractivity contribution in [1.29, 1.82) is 0 Å². The van der Waals surface area contributed by atoms with E-state index in [9.17, 15) is 9.59 Å². The predicted molar refractivity (Wildman–Crippen MR) is 105 cm³/mol. The Bertz CT molecular complexity index is 794. The van der Waals surface area contributed by atoms with Gasteiger partial charge in [0.2, 0.25) is 5.91 Å². The van der Waals surface area contributed by atoms with Crippen LogP contribution in [0.4, 0.5) is 0 Å². The monoisotopic (exact) mass is 389 g/mol. The third-order valence-corrected chi connectivity index (χ3v) is 5.87. The molecule has 3 rings (SSSR count). The van der Waals surface area contributed by atoms with Crippen LogP contribution >= 0.6 is 23.2 Å². The second-order valence-corrected chi connectivity index (χ2v) is 7.68. The van der Waals surface area contributed by atoms with Gasteiger partial charge in [-0.25, -0.2) is 0 Å². The Kier molecular flexibility index (Phi) is 6.00. The summed E-state index contributed by atoms with van der Waals surface area (Å²) in [5.74, 6) is 0.0891. The van der Waals surface area contributed by atoms with E-state index in [-0.39, 0.29) is 5.91 Å². The lowest BCUT2D eigenvalue weighted by atomic mass is 9.72. The summed E-state index contributed by atoms with van der Waals surface area (Å²) < 4.78 is 0. The first-order valence-corrected chi connectivity index (χ1v) is 9.50. The highest BCUT2D eigenvalue weighted by atomic mass is 35.5. The minimum absolute atomic E-state index is 0.0891. The van der Waals surface area contributed by atoms with Crippen molar-refractivity contribution >= 4 is 35.4 Å². The number of rotatable bonds is 5. The van der Waals surface area contributed by atoms with Gasteiger partial charge in [-0.1, -0.05) is 59.6 Å². The van der Waals surface area contributed by atoms with E-state index in [1.165, 1.54) is 0 Å². The Hall–Kier alpha value is -1.84. The summed E-state index contributed by atoms with van der Waals surface area (Å²) in [5, 5.41) is 0.965. The minimum Gasteiger partial charge on any atom is -0.342 e. The van der Waals surface area contributed by atoms with Crippen LogP contribution in [0.25, 0.3) is 0 Å². The lowest BCUT2D eigenvalue weighted by Crippen LogP contribution is -2.49. The molecule has 3 nitrogen and oxygen atoms in total. The molecule has 136 valence electrons. The van der Waals surface area contributed by atoms with E-state index in [4.69, 9.17) is 23.2 Å². The molecule has 1 fully saturated rings. The predicted octanol–water partition coefficient (Wildman–Crippen LogP) is 4.69. The minimum atomic E-state index is -0.402. The third kappa shape index (κ3) is 4.11. The largest absolute Gasteiger partial charge is 0.342 e. The maximum absolute atomic E-state index is 12.8. The number of likely N-dealkylation sites (tertiary alicyclic amines) is 1. The van der Waals surface area contributed by atoms with Crippen LogP contribution in [-0.2, 0) is 21.4 Å². The highest BCUT2D eigenvalue weighted by molar-refractivity contribution is 6.42. The van der Waals surface area contributed by atoms with Crippen molar-refractivity contribution in [2.75, 3.05) is 13.1 Å². The maximum Gasteiger partial charge on any atom is 0.227 e. The standard InChI is InChI=1S/C21H21Cl2NO2/c22-18-8-7-17(14-19(18)23)21(10-12-25)9-4-11-24(15-21)20(26)13-16-5-2-1-3-6-16/h1-3,5-8,12,14H,4,9-11,13,15H2. The van der Waals surface area contributed by atoms with E-state index in [2.05, 4.69) is 0 Å². The highest BCUT2D eigenvalue weighted by Crippen LogP contribution is 2.39. The second-order valence-electron chi connectivity index (χ2n) is 6.86. The zero-order chi connectivity index (χ0) is 18.6. The molecule has 1 aliphatic rings. The molecule has 1 heterocycles. The molecule has 26 heavy (non-hydrogen) atoms. The van der Waals surface area contributed by atoms with Crippen LogP contribution in [0.15, 0.2) is 48.5 Å². The summed E-state index contributed by atoms with van der Waals surface area (Å²) in [6.45, 7) is 1.24. The summed E-state index contributed by atoms with van der Waals surface area (Å²) in [6.07, 6.45) is 3.38. The smallest absolute Gasteiger partial charge is 0.227 e. The van der Waals surface area contributed by atoms with Crippen molar-refractivity contribution in [2.24, 2.45) is 0 Å². The molecule has 1 saturated heterocycles. The number of piperidine rings is 1. The second kappa shape index (κ2) is 8.24. The molecule has 1 atom stereocenters. The van der Waals surface area contributed by atoms with Crippen LogP contribution in [0, 0.1) is 0 Å². The molecule has 0 bridgehead atoms. The van der Waals surface area contributed by atoms with E-state index in [0.717, 1.165) is 30.3 Å². The number of aldehydes is 1. The SMILES string of the molecule is O=CCC1(c2ccc(Cl)c(Cl)c2)CCCN(C(=O)Cc2ccccc2)C1. The van der Waals surface area contributed by atoms with Gasteiger partial charge in [-0.05, 0) is 36.1 Å². The van der Waals surface area contributed by atoms with Gasteiger partial charge in [0.25, 0.3) is 0 Å². The summed E-state index contributed by atoms with van der Waals surface area (Å²) >= 11 is 12.2. The molecule has 2 aromatic rings. The molecular weight excluding hydrogens is 369 g/mol. The van der Waals surface area contributed by atoms with E-state index in [1.54, 1.807) is 6.07 Å². The number of nitrogens with zero attached hydrogens (tertiary/aromatic N) is 1. The van der Waals surface area contributed by atoms with Gasteiger partial charge in [0, 0.05) is 24.9 Å². The first-order valence-electron chi connectivity index (χ1n) is 8.75. The van der Waals surface area contributed by atoms with Crippen molar-refractivity contribution in [3.8, 4) is 0 Å². The third-order valence-electron chi connectivity index (χ3n) is 5.13. The molecule has 0 aliphatic carbocycles. The molecule has 1 amide bonds. The Morgan fingerprint density at radius 1 is 1.12 bits per heavy atom. The van der Waals surface area contributed by atoms with Crippen LogP contribution in [0.3, 0.4) is 0 Å². The number of halogens is 2. The van der Waals surface area contributed by atoms with Gasteiger partial charge >= 0.3 is 0 Å². The number of benzene rings is 2. The average Bonchev–Trinajstić information content (AvgIpc) is 2.65. The topological polar surface area (TPSA) is 37.4 Å². The van der Waals surface area contributed by atoms with E-state index in [0.29, 0.717) is 36.0 Å². The van der Waals surface area contributed by atoms with Crippen molar-refractivity contribution in [2.45, 2.75) is 31.1 Å². The van der Waals surface area contributed by atoms with Gasteiger partial charge < -0.3 is 9.69 Å². The summed E-state index contributed by atoms with van der Waals surface area (Å²) in [5.41, 5.74) is 1.57. The van der Waals surface area contributed by atoms with Gasteiger partial charge in [0.1, 0.15) is 6.29 Å². The van der Waals surface area contributed by atoms with Crippen molar-refractivity contribution in [1.82, 2.24) is 4.90 Å². The fourth-order valence-corrected chi connectivity index (χ4v) is 4.03. The number of hydrogen-bond acceptors (Lipinski definition) is 2. The molecular formula is C21H21Cl2NO2. The van der Waals surface area contributed by atoms with Gasteiger partial charge in [-0.2, -0.15) is 0 Å². The number of carbonyl (C=O) groups excluding carboxylic acids is 2. The Morgan fingerprint density at radius 2 is 1.88 bits per heavy atom. The molecule has 0 radical (unpaired) electrons. The first-order chi connectivity index (χ1) is 12.5. The Balaban J connectivity index is 1.83. The lowest BCUT2D eigenvalue weighted by Gasteiger charge is -2.42. The molecule has 0 spiro atoms. The number of hydrogen-bond donors (Lipinski definition) is 0. The molecule has 2 aromatic carbocycles. The lowest BCUT2D eigenvalue weighted by molar-refractivity contribution is -0.133. The van der Waals surface area contributed by atoms with E-state index >= 15 is 0 Å². The van der Waals surface area contributed by atoms with Crippen LogP contribution in [-0.4, -0.2) is 30.2 Å². The molecule has 5 heteroatoms. The number of carbonyl (C=O) groups is 2. The van der Waals surface area contributed by atoms with Gasteiger partial charge in [0.05, 0.1) is 16.5 Å². The molecule has 0 N–H and O–H groups in total.